The Kier molecular flexibility index (Phi) is 4.42. The number of nitrogen functional groups attached to an aromatic ring is 1. The minimum Gasteiger partial charge on any atom is -0.398 e. The molecule has 0 saturated heterocycles. The lowest BCUT2D eigenvalue weighted by Crippen LogP contribution is -2.23. The van der Waals surface area contributed by atoms with Crippen LogP contribution >= 0.6 is 15.9 Å². The molecule has 0 bridgehead atoms. The van der Waals surface area contributed by atoms with Gasteiger partial charge in [0.2, 0.25) is 10.0 Å². The van der Waals surface area contributed by atoms with Gasteiger partial charge in [0.25, 0.3) is 0 Å². The maximum atomic E-state index is 13.4. The third-order valence-corrected chi connectivity index (χ3v) is 4.81. The summed E-state index contributed by atoms with van der Waals surface area (Å²) in [5.74, 6) is -0.453. The van der Waals surface area contributed by atoms with E-state index in [4.69, 9.17) is 5.73 Å². The Labute approximate surface area is 125 Å². The minimum atomic E-state index is -3.73. The molecule has 0 radical (unpaired) electrons. The molecular weight excluding hydrogens is 347 g/mol. The van der Waals surface area contributed by atoms with E-state index in [1.807, 2.05) is 0 Å². The third kappa shape index (κ3) is 3.36. The summed E-state index contributed by atoms with van der Waals surface area (Å²) in [4.78, 5) is 0.0366. The van der Waals surface area contributed by atoms with Crippen LogP contribution in [0.2, 0.25) is 0 Å². The van der Waals surface area contributed by atoms with Gasteiger partial charge in [-0.15, -0.1) is 0 Å². The zero-order valence-corrected chi connectivity index (χ0v) is 12.7. The van der Waals surface area contributed by atoms with Crippen molar-refractivity contribution in [1.29, 1.82) is 0 Å². The Balaban J connectivity index is 2.19. The zero-order chi connectivity index (χ0) is 14.8. The fraction of sp³-hybridized carbons (Fsp3) is 0.0769. The van der Waals surface area contributed by atoms with Gasteiger partial charge in [-0.1, -0.05) is 18.2 Å². The summed E-state index contributed by atoms with van der Waals surface area (Å²) in [5, 5.41) is 0. The average molecular weight is 359 g/mol. The molecule has 0 aliphatic heterocycles. The summed E-state index contributed by atoms with van der Waals surface area (Å²) in [5.41, 5.74) is 6.25. The van der Waals surface area contributed by atoms with Crippen LogP contribution in [-0.4, -0.2) is 8.42 Å². The number of hydrogen-bond acceptors (Lipinski definition) is 3. The highest BCUT2D eigenvalue weighted by Crippen LogP contribution is 2.22. The summed E-state index contributed by atoms with van der Waals surface area (Å²) >= 11 is 3.19. The standard InChI is InChI=1S/C13H12BrFN2O2S/c14-11-6-5-10(7-13(11)16)20(18,19)17-8-9-3-1-2-4-12(9)15/h1-7,17H,8,16H2. The summed E-state index contributed by atoms with van der Waals surface area (Å²) in [6.45, 7) is -0.120. The topological polar surface area (TPSA) is 72.2 Å². The Hall–Kier alpha value is -1.44. The monoisotopic (exact) mass is 358 g/mol. The smallest absolute Gasteiger partial charge is 0.240 e. The molecule has 2 rings (SSSR count). The van der Waals surface area contributed by atoms with Gasteiger partial charge in [0.15, 0.2) is 0 Å². The van der Waals surface area contributed by atoms with Crippen LogP contribution < -0.4 is 10.5 Å². The molecule has 20 heavy (non-hydrogen) atoms. The van der Waals surface area contributed by atoms with Crippen molar-refractivity contribution in [2.75, 3.05) is 5.73 Å². The molecule has 0 aliphatic rings. The van der Waals surface area contributed by atoms with Crippen LogP contribution in [0.3, 0.4) is 0 Å². The van der Waals surface area contributed by atoms with Gasteiger partial charge in [0.1, 0.15) is 5.82 Å². The number of hydrogen-bond donors (Lipinski definition) is 2. The second kappa shape index (κ2) is 5.90. The van der Waals surface area contributed by atoms with Crippen LogP contribution in [0.5, 0.6) is 0 Å². The van der Waals surface area contributed by atoms with E-state index in [2.05, 4.69) is 20.7 Å². The normalized spacial score (nSPS) is 11.5. The van der Waals surface area contributed by atoms with Crippen LogP contribution in [0.4, 0.5) is 10.1 Å². The van der Waals surface area contributed by atoms with Crippen LogP contribution in [-0.2, 0) is 16.6 Å². The van der Waals surface area contributed by atoms with E-state index in [9.17, 15) is 12.8 Å². The highest BCUT2D eigenvalue weighted by molar-refractivity contribution is 9.10. The Morgan fingerprint density at radius 3 is 2.55 bits per heavy atom. The maximum Gasteiger partial charge on any atom is 0.240 e. The zero-order valence-electron chi connectivity index (χ0n) is 10.3. The van der Waals surface area contributed by atoms with Gasteiger partial charge in [0, 0.05) is 22.3 Å². The van der Waals surface area contributed by atoms with E-state index < -0.39 is 15.8 Å². The van der Waals surface area contributed by atoms with Crippen molar-refractivity contribution in [3.05, 3.63) is 58.3 Å². The predicted octanol–water partition coefficient (Wildman–Crippen LogP) is 2.65. The van der Waals surface area contributed by atoms with E-state index >= 15 is 0 Å². The number of nitrogens with one attached hydrogen (secondary N) is 1. The lowest BCUT2D eigenvalue weighted by atomic mass is 10.2. The van der Waals surface area contributed by atoms with Gasteiger partial charge in [-0.3, -0.25) is 0 Å². The van der Waals surface area contributed by atoms with Crippen LogP contribution in [0, 0.1) is 5.82 Å². The van der Waals surface area contributed by atoms with Gasteiger partial charge in [-0.25, -0.2) is 17.5 Å². The van der Waals surface area contributed by atoms with Gasteiger partial charge in [-0.2, -0.15) is 0 Å². The SMILES string of the molecule is Nc1cc(S(=O)(=O)NCc2ccccc2F)ccc1Br. The van der Waals surface area contributed by atoms with Crippen molar-refractivity contribution in [3.63, 3.8) is 0 Å². The number of anilines is 1. The molecular formula is C13H12BrFN2O2S. The Bertz CT molecular complexity index is 735. The van der Waals surface area contributed by atoms with Crippen LogP contribution in [0.25, 0.3) is 0 Å². The van der Waals surface area contributed by atoms with Crippen molar-refractivity contribution in [2.45, 2.75) is 11.4 Å². The van der Waals surface area contributed by atoms with Crippen LogP contribution in [0.1, 0.15) is 5.56 Å². The molecule has 4 nitrogen and oxygen atoms in total. The molecule has 0 spiro atoms. The van der Waals surface area contributed by atoms with E-state index in [0.29, 0.717) is 10.2 Å². The van der Waals surface area contributed by atoms with Gasteiger partial charge < -0.3 is 5.73 Å². The fourth-order valence-corrected chi connectivity index (χ4v) is 2.87. The molecule has 106 valence electrons. The lowest BCUT2D eigenvalue weighted by molar-refractivity contribution is 0.574. The largest absolute Gasteiger partial charge is 0.398 e. The van der Waals surface area contributed by atoms with E-state index in [-0.39, 0.29) is 17.0 Å². The second-order valence-corrected chi connectivity index (χ2v) is 6.72. The fourth-order valence-electron chi connectivity index (χ4n) is 1.59. The number of nitrogens with two attached hydrogens (primary N) is 1. The van der Waals surface area contributed by atoms with Crippen molar-refractivity contribution in [1.82, 2.24) is 4.72 Å². The second-order valence-electron chi connectivity index (χ2n) is 4.10. The first-order valence-corrected chi connectivity index (χ1v) is 7.96. The van der Waals surface area contributed by atoms with Crippen LogP contribution in [0.15, 0.2) is 51.8 Å². The highest BCUT2D eigenvalue weighted by atomic mass is 79.9. The molecule has 0 unspecified atom stereocenters. The lowest BCUT2D eigenvalue weighted by Gasteiger charge is -2.08. The van der Waals surface area contributed by atoms with Crippen molar-refractivity contribution < 1.29 is 12.8 Å². The summed E-state index contributed by atoms with van der Waals surface area (Å²) in [6.07, 6.45) is 0. The molecule has 0 aromatic heterocycles. The summed E-state index contributed by atoms with van der Waals surface area (Å²) in [6, 6.07) is 10.3. The van der Waals surface area contributed by atoms with Gasteiger partial charge in [0.05, 0.1) is 4.90 Å². The first kappa shape index (κ1) is 15.0. The predicted molar refractivity (Wildman–Crippen MR) is 79.0 cm³/mol. The molecule has 0 aliphatic carbocycles. The molecule has 0 saturated carbocycles. The van der Waals surface area contributed by atoms with Crippen molar-refractivity contribution in [3.8, 4) is 0 Å². The van der Waals surface area contributed by atoms with Crippen molar-refractivity contribution >= 4 is 31.6 Å². The third-order valence-electron chi connectivity index (χ3n) is 2.69. The molecule has 0 fully saturated rings. The van der Waals surface area contributed by atoms with Crippen molar-refractivity contribution in [2.24, 2.45) is 0 Å². The van der Waals surface area contributed by atoms with E-state index in [0.717, 1.165) is 0 Å². The quantitative estimate of drug-likeness (QED) is 0.825. The number of sulfonamides is 1. The number of rotatable bonds is 4. The highest BCUT2D eigenvalue weighted by Gasteiger charge is 2.15. The summed E-state index contributed by atoms with van der Waals surface area (Å²) in [7, 11) is -3.73. The molecule has 3 N–H and O–H groups in total. The Morgan fingerprint density at radius 2 is 1.90 bits per heavy atom. The molecule has 0 atom stereocenters. The molecule has 7 heteroatoms. The Morgan fingerprint density at radius 1 is 1.20 bits per heavy atom. The van der Waals surface area contributed by atoms with Gasteiger partial charge in [-0.05, 0) is 40.2 Å². The first-order valence-electron chi connectivity index (χ1n) is 5.68. The molecule has 0 heterocycles. The average Bonchev–Trinajstić information content (AvgIpc) is 2.41. The minimum absolute atomic E-state index is 0.0366. The van der Waals surface area contributed by atoms with E-state index in [1.54, 1.807) is 18.2 Å². The molecule has 2 aromatic carbocycles. The first-order chi connectivity index (χ1) is 9.40. The molecule has 0 amide bonds. The van der Waals surface area contributed by atoms with E-state index in [1.165, 1.54) is 24.3 Å². The number of halogens is 2. The summed E-state index contributed by atoms with van der Waals surface area (Å²) < 4.78 is 40.5. The molecule has 2 aromatic rings. The number of benzene rings is 2. The maximum absolute atomic E-state index is 13.4. The van der Waals surface area contributed by atoms with Gasteiger partial charge >= 0.3 is 0 Å².